The van der Waals surface area contributed by atoms with Crippen molar-refractivity contribution in [2.24, 2.45) is 0 Å². The number of aromatic nitrogens is 1. The molecule has 3 aromatic rings. The Hall–Kier alpha value is -2.60. The smallest absolute Gasteiger partial charge is 0.262 e. The number of aromatic amines is 1. The first-order valence-electron chi connectivity index (χ1n) is 6.57. The summed E-state index contributed by atoms with van der Waals surface area (Å²) in [5.74, 6) is 0.0347. The Bertz CT molecular complexity index is 872. The molecular formula is C16H13FN2O2S. The second-order valence-corrected chi connectivity index (χ2v) is 6.41. The van der Waals surface area contributed by atoms with E-state index < -0.39 is 10.0 Å². The molecule has 2 aromatic carbocycles. The number of sulfonamides is 1. The lowest BCUT2D eigenvalue weighted by molar-refractivity contribution is 0.601. The van der Waals surface area contributed by atoms with E-state index in [0.29, 0.717) is 5.82 Å². The molecule has 0 spiro atoms. The van der Waals surface area contributed by atoms with Crippen LogP contribution in [0.3, 0.4) is 0 Å². The molecule has 0 fully saturated rings. The molecule has 0 bridgehead atoms. The van der Waals surface area contributed by atoms with Crippen LogP contribution < -0.4 is 4.72 Å². The molecule has 1 aromatic heterocycles. The van der Waals surface area contributed by atoms with Crippen LogP contribution in [0, 0.1) is 5.82 Å². The third-order valence-electron chi connectivity index (χ3n) is 3.16. The minimum atomic E-state index is -3.63. The fraction of sp³-hybridized carbons (Fsp3) is 0. The van der Waals surface area contributed by atoms with Crippen molar-refractivity contribution in [3.8, 4) is 11.1 Å². The van der Waals surface area contributed by atoms with Crippen molar-refractivity contribution in [2.75, 3.05) is 4.72 Å². The number of hydrogen-bond donors (Lipinski definition) is 2. The fourth-order valence-electron chi connectivity index (χ4n) is 2.07. The molecule has 0 aliphatic rings. The van der Waals surface area contributed by atoms with Gasteiger partial charge in [-0.15, -0.1) is 0 Å². The summed E-state index contributed by atoms with van der Waals surface area (Å²) >= 11 is 0. The molecule has 0 saturated carbocycles. The van der Waals surface area contributed by atoms with Gasteiger partial charge < -0.3 is 4.98 Å². The van der Waals surface area contributed by atoms with Crippen molar-refractivity contribution >= 4 is 15.8 Å². The van der Waals surface area contributed by atoms with Crippen LogP contribution in [0.2, 0.25) is 0 Å². The van der Waals surface area contributed by atoms with Gasteiger partial charge in [-0.05, 0) is 35.9 Å². The highest BCUT2D eigenvalue weighted by Crippen LogP contribution is 2.24. The number of halogens is 1. The van der Waals surface area contributed by atoms with Gasteiger partial charge in [-0.3, -0.25) is 4.72 Å². The maximum absolute atomic E-state index is 12.9. The molecule has 3 rings (SSSR count). The summed E-state index contributed by atoms with van der Waals surface area (Å²) in [4.78, 5) is 3.05. The van der Waals surface area contributed by atoms with Crippen LogP contribution in [-0.4, -0.2) is 13.4 Å². The second-order valence-electron chi connectivity index (χ2n) is 4.73. The zero-order valence-electron chi connectivity index (χ0n) is 11.5. The largest absolute Gasteiger partial charge is 0.347 e. The summed E-state index contributed by atoms with van der Waals surface area (Å²) in [5, 5.41) is 0. The Balaban J connectivity index is 1.84. The van der Waals surface area contributed by atoms with Gasteiger partial charge >= 0.3 is 0 Å². The van der Waals surface area contributed by atoms with Gasteiger partial charge in [-0.2, -0.15) is 0 Å². The third-order valence-corrected chi connectivity index (χ3v) is 4.54. The summed E-state index contributed by atoms with van der Waals surface area (Å²) in [6.07, 6.45) is 1.66. The molecule has 0 amide bonds. The van der Waals surface area contributed by atoms with Crippen LogP contribution >= 0.6 is 0 Å². The van der Waals surface area contributed by atoms with E-state index >= 15 is 0 Å². The summed E-state index contributed by atoms with van der Waals surface area (Å²) in [6.45, 7) is 0. The Morgan fingerprint density at radius 3 is 2.27 bits per heavy atom. The van der Waals surface area contributed by atoms with Crippen LogP contribution in [0.5, 0.6) is 0 Å². The Morgan fingerprint density at radius 1 is 0.909 bits per heavy atom. The molecule has 0 saturated heterocycles. The Morgan fingerprint density at radius 2 is 1.59 bits per heavy atom. The molecule has 112 valence electrons. The van der Waals surface area contributed by atoms with E-state index in [1.807, 2.05) is 0 Å². The van der Waals surface area contributed by atoms with Gasteiger partial charge in [0.1, 0.15) is 11.6 Å². The first kappa shape index (κ1) is 14.3. The molecule has 4 nitrogen and oxygen atoms in total. The molecule has 0 aliphatic carbocycles. The predicted molar refractivity (Wildman–Crippen MR) is 83.4 cm³/mol. The highest BCUT2D eigenvalue weighted by Gasteiger charge is 2.14. The van der Waals surface area contributed by atoms with E-state index in [1.54, 1.807) is 42.6 Å². The summed E-state index contributed by atoms with van der Waals surface area (Å²) in [7, 11) is -3.63. The van der Waals surface area contributed by atoms with Crippen molar-refractivity contribution in [3.63, 3.8) is 0 Å². The average Bonchev–Trinajstić information content (AvgIpc) is 2.97. The van der Waals surface area contributed by atoms with Crippen LogP contribution in [-0.2, 0) is 10.0 Å². The topological polar surface area (TPSA) is 62.0 Å². The first-order valence-corrected chi connectivity index (χ1v) is 8.05. The van der Waals surface area contributed by atoms with Gasteiger partial charge in [-0.25, -0.2) is 12.8 Å². The number of benzene rings is 2. The lowest BCUT2D eigenvalue weighted by Crippen LogP contribution is -2.12. The minimum absolute atomic E-state index is 0.188. The van der Waals surface area contributed by atoms with Crippen LogP contribution in [0.15, 0.2) is 71.8 Å². The zero-order valence-corrected chi connectivity index (χ0v) is 12.3. The van der Waals surface area contributed by atoms with Crippen molar-refractivity contribution in [1.29, 1.82) is 0 Å². The van der Waals surface area contributed by atoms with E-state index in [9.17, 15) is 12.8 Å². The highest BCUT2D eigenvalue weighted by molar-refractivity contribution is 7.92. The number of H-pyrrole nitrogens is 1. The van der Waals surface area contributed by atoms with Gasteiger partial charge in [-0.1, -0.05) is 30.3 Å². The molecule has 22 heavy (non-hydrogen) atoms. The van der Waals surface area contributed by atoms with Crippen LogP contribution in [0.25, 0.3) is 11.1 Å². The van der Waals surface area contributed by atoms with Crippen LogP contribution in [0.1, 0.15) is 0 Å². The SMILES string of the molecule is O=S(=O)(Nc1cc(-c2ccc(F)cc2)c[nH]1)c1ccccc1. The standard InChI is InChI=1S/C16H13FN2O2S/c17-14-8-6-12(7-9-14)13-10-16(18-11-13)19-22(20,21)15-4-2-1-3-5-15/h1-11,18-19H. The van der Waals surface area contributed by atoms with Gasteiger partial charge in [0.15, 0.2) is 0 Å². The predicted octanol–water partition coefficient (Wildman–Crippen LogP) is 3.62. The van der Waals surface area contributed by atoms with Crippen molar-refractivity contribution in [3.05, 3.63) is 72.7 Å². The lowest BCUT2D eigenvalue weighted by Gasteiger charge is -2.05. The summed E-state index contributed by atoms with van der Waals surface area (Å²) in [6, 6.07) is 15.8. The molecule has 1 heterocycles. The number of nitrogens with one attached hydrogen (secondary N) is 2. The molecular weight excluding hydrogens is 303 g/mol. The number of anilines is 1. The summed E-state index contributed by atoms with van der Waals surface area (Å²) in [5.41, 5.74) is 1.56. The monoisotopic (exact) mass is 316 g/mol. The van der Waals surface area contributed by atoms with Crippen molar-refractivity contribution in [2.45, 2.75) is 4.90 Å². The average molecular weight is 316 g/mol. The quantitative estimate of drug-likeness (QED) is 0.772. The van der Waals surface area contributed by atoms with Gasteiger partial charge in [0.05, 0.1) is 4.90 Å². The maximum Gasteiger partial charge on any atom is 0.262 e. The normalized spacial score (nSPS) is 11.3. The Labute approximate surface area is 127 Å². The molecule has 0 unspecified atom stereocenters. The van der Waals surface area contributed by atoms with Crippen molar-refractivity contribution in [1.82, 2.24) is 4.98 Å². The van der Waals surface area contributed by atoms with Gasteiger partial charge in [0.2, 0.25) is 0 Å². The lowest BCUT2D eigenvalue weighted by atomic mass is 10.1. The fourth-order valence-corrected chi connectivity index (χ4v) is 3.11. The minimum Gasteiger partial charge on any atom is -0.347 e. The van der Waals surface area contributed by atoms with Crippen molar-refractivity contribution < 1.29 is 12.8 Å². The first-order chi connectivity index (χ1) is 10.5. The van der Waals surface area contributed by atoms with E-state index in [0.717, 1.165) is 11.1 Å². The summed E-state index contributed by atoms with van der Waals surface area (Å²) < 4.78 is 39.8. The number of hydrogen-bond acceptors (Lipinski definition) is 2. The van der Waals surface area contributed by atoms with E-state index in [1.165, 1.54) is 24.3 Å². The van der Waals surface area contributed by atoms with E-state index in [2.05, 4.69) is 9.71 Å². The van der Waals surface area contributed by atoms with Gasteiger partial charge in [0, 0.05) is 11.8 Å². The molecule has 0 radical (unpaired) electrons. The molecule has 2 N–H and O–H groups in total. The molecule has 0 atom stereocenters. The molecule has 6 heteroatoms. The number of rotatable bonds is 4. The third kappa shape index (κ3) is 3.01. The second kappa shape index (κ2) is 5.65. The van der Waals surface area contributed by atoms with E-state index in [-0.39, 0.29) is 10.7 Å². The van der Waals surface area contributed by atoms with E-state index in [4.69, 9.17) is 0 Å². The van der Waals surface area contributed by atoms with Gasteiger partial charge in [0.25, 0.3) is 10.0 Å². The van der Waals surface area contributed by atoms with Crippen LogP contribution in [0.4, 0.5) is 10.2 Å². The maximum atomic E-state index is 12.9. The Kier molecular flexibility index (Phi) is 3.68. The zero-order chi connectivity index (χ0) is 15.6. The molecule has 0 aliphatic heterocycles. The highest BCUT2D eigenvalue weighted by atomic mass is 32.2.